The van der Waals surface area contributed by atoms with E-state index in [1.807, 2.05) is 24.3 Å². The van der Waals surface area contributed by atoms with E-state index in [0.29, 0.717) is 10.6 Å². The van der Waals surface area contributed by atoms with Crippen LogP contribution in [0.25, 0.3) is 0 Å². The van der Waals surface area contributed by atoms with Crippen LogP contribution in [0.2, 0.25) is 5.02 Å². The predicted molar refractivity (Wildman–Crippen MR) is 84.6 cm³/mol. The molecule has 0 bridgehead atoms. The summed E-state index contributed by atoms with van der Waals surface area (Å²) in [6, 6.07) is 10.8. The molecule has 21 heavy (non-hydrogen) atoms. The number of amides is 1. The third-order valence-corrected chi connectivity index (χ3v) is 3.13. The molecule has 0 spiro atoms. The number of aromatic nitrogens is 1. The van der Waals surface area contributed by atoms with Crippen LogP contribution in [0.3, 0.4) is 0 Å². The first-order valence-corrected chi connectivity index (χ1v) is 7.11. The van der Waals surface area contributed by atoms with Crippen LogP contribution in [0.1, 0.15) is 35.7 Å². The van der Waals surface area contributed by atoms with Gasteiger partial charge in [-0.05, 0) is 36.2 Å². The average Bonchev–Trinajstić information content (AvgIpc) is 2.53. The van der Waals surface area contributed by atoms with Gasteiger partial charge >= 0.3 is 0 Å². The van der Waals surface area contributed by atoms with E-state index in [0.717, 1.165) is 24.1 Å². The summed E-state index contributed by atoms with van der Waals surface area (Å²) in [6.45, 7) is 2.06. The van der Waals surface area contributed by atoms with Crippen molar-refractivity contribution >= 4 is 23.2 Å². The maximum absolute atomic E-state index is 12.0. The molecule has 1 heterocycles. The van der Waals surface area contributed by atoms with E-state index in [9.17, 15) is 4.79 Å². The topological polar surface area (TPSA) is 54.4 Å². The standard InChI is InChI=1S/C16H16ClN3O/c1-2-4-15(12-6-8-14(17)9-7-12)19-20-16(21)13-5-3-10-18-11-13/h3,5-11H,2,4H2,1H3,(H,20,21)/b19-15+. The minimum absolute atomic E-state index is 0.273. The lowest BCUT2D eigenvalue weighted by molar-refractivity contribution is 0.0954. The Morgan fingerprint density at radius 1 is 1.24 bits per heavy atom. The molecule has 4 nitrogen and oxygen atoms in total. The van der Waals surface area contributed by atoms with E-state index in [-0.39, 0.29) is 5.91 Å². The Morgan fingerprint density at radius 3 is 2.62 bits per heavy atom. The zero-order valence-electron chi connectivity index (χ0n) is 11.7. The molecule has 0 radical (unpaired) electrons. The summed E-state index contributed by atoms with van der Waals surface area (Å²) < 4.78 is 0. The molecule has 108 valence electrons. The lowest BCUT2D eigenvalue weighted by Crippen LogP contribution is -2.20. The van der Waals surface area contributed by atoms with Crippen molar-refractivity contribution in [2.24, 2.45) is 5.10 Å². The van der Waals surface area contributed by atoms with Gasteiger partial charge in [-0.3, -0.25) is 9.78 Å². The lowest BCUT2D eigenvalue weighted by atomic mass is 10.1. The van der Waals surface area contributed by atoms with Gasteiger partial charge in [-0.2, -0.15) is 5.10 Å². The van der Waals surface area contributed by atoms with E-state index in [4.69, 9.17) is 11.6 Å². The van der Waals surface area contributed by atoms with Crippen molar-refractivity contribution in [3.8, 4) is 0 Å². The van der Waals surface area contributed by atoms with E-state index in [1.54, 1.807) is 18.3 Å². The summed E-state index contributed by atoms with van der Waals surface area (Å²) in [5.74, 6) is -0.273. The quantitative estimate of drug-likeness (QED) is 0.676. The average molecular weight is 302 g/mol. The molecule has 0 aliphatic rings. The van der Waals surface area contributed by atoms with Gasteiger partial charge in [0.15, 0.2) is 0 Å². The van der Waals surface area contributed by atoms with Crippen LogP contribution < -0.4 is 5.43 Å². The second kappa shape index (κ2) is 7.55. The number of pyridine rings is 1. The molecule has 0 saturated carbocycles. The molecular weight excluding hydrogens is 286 g/mol. The van der Waals surface area contributed by atoms with E-state index in [1.165, 1.54) is 6.20 Å². The number of rotatable bonds is 5. The van der Waals surface area contributed by atoms with Crippen molar-refractivity contribution in [1.29, 1.82) is 0 Å². The highest BCUT2D eigenvalue weighted by atomic mass is 35.5. The molecule has 0 atom stereocenters. The maximum atomic E-state index is 12.0. The summed E-state index contributed by atoms with van der Waals surface area (Å²) in [7, 11) is 0. The van der Waals surface area contributed by atoms with Gasteiger partial charge < -0.3 is 0 Å². The number of carbonyl (C=O) groups excluding carboxylic acids is 1. The van der Waals surface area contributed by atoms with Crippen LogP contribution in [-0.2, 0) is 0 Å². The number of benzene rings is 1. The summed E-state index contributed by atoms with van der Waals surface area (Å²) in [4.78, 5) is 15.9. The number of hydrazone groups is 1. The summed E-state index contributed by atoms with van der Waals surface area (Å²) in [6.07, 6.45) is 4.84. The van der Waals surface area contributed by atoms with Gasteiger partial charge in [-0.15, -0.1) is 0 Å². The smallest absolute Gasteiger partial charge is 0.267 e. The van der Waals surface area contributed by atoms with Gasteiger partial charge in [0, 0.05) is 17.4 Å². The second-order valence-corrected chi connectivity index (χ2v) is 4.93. The Balaban J connectivity index is 2.14. The normalized spacial score (nSPS) is 11.2. The van der Waals surface area contributed by atoms with Crippen LogP contribution in [-0.4, -0.2) is 16.6 Å². The Morgan fingerprint density at radius 2 is 2.00 bits per heavy atom. The Bertz CT molecular complexity index is 624. The number of nitrogens with one attached hydrogen (secondary N) is 1. The number of hydrogen-bond acceptors (Lipinski definition) is 3. The fourth-order valence-electron chi connectivity index (χ4n) is 1.82. The van der Waals surface area contributed by atoms with Crippen LogP contribution in [0, 0.1) is 0 Å². The maximum Gasteiger partial charge on any atom is 0.272 e. The minimum atomic E-state index is -0.273. The molecule has 1 aromatic heterocycles. The van der Waals surface area contributed by atoms with Gasteiger partial charge in [-0.1, -0.05) is 37.1 Å². The highest BCUT2D eigenvalue weighted by Crippen LogP contribution is 2.12. The highest BCUT2D eigenvalue weighted by molar-refractivity contribution is 6.30. The molecule has 1 N–H and O–H groups in total. The molecular formula is C16H16ClN3O. The van der Waals surface area contributed by atoms with Crippen LogP contribution in [0.15, 0.2) is 53.9 Å². The molecule has 0 aliphatic carbocycles. The Labute approximate surface area is 128 Å². The molecule has 0 fully saturated rings. The largest absolute Gasteiger partial charge is 0.272 e. The van der Waals surface area contributed by atoms with Gasteiger partial charge in [-0.25, -0.2) is 5.43 Å². The van der Waals surface area contributed by atoms with Crippen molar-refractivity contribution in [3.63, 3.8) is 0 Å². The molecule has 2 aromatic rings. The van der Waals surface area contributed by atoms with Gasteiger partial charge in [0.25, 0.3) is 5.91 Å². The van der Waals surface area contributed by atoms with Gasteiger partial charge in [0.2, 0.25) is 0 Å². The third kappa shape index (κ3) is 4.39. The first-order valence-electron chi connectivity index (χ1n) is 6.73. The molecule has 0 aliphatic heterocycles. The molecule has 2 rings (SSSR count). The number of nitrogens with zero attached hydrogens (tertiary/aromatic N) is 2. The van der Waals surface area contributed by atoms with Crippen LogP contribution in [0.5, 0.6) is 0 Å². The molecule has 0 unspecified atom stereocenters. The highest BCUT2D eigenvalue weighted by Gasteiger charge is 2.06. The first-order chi connectivity index (χ1) is 10.2. The van der Waals surface area contributed by atoms with Gasteiger partial charge in [0.1, 0.15) is 0 Å². The summed E-state index contributed by atoms with van der Waals surface area (Å²) in [5.41, 5.74) is 4.83. The SMILES string of the molecule is CCC/C(=N\NC(=O)c1cccnc1)c1ccc(Cl)cc1. The minimum Gasteiger partial charge on any atom is -0.267 e. The number of carbonyl (C=O) groups is 1. The first kappa shape index (κ1) is 15.2. The lowest BCUT2D eigenvalue weighted by Gasteiger charge is -2.06. The zero-order valence-corrected chi connectivity index (χ0v) is 12.5. The molecule has 5 heteroatoms. The molecule has 1 amide bonds. The Kier molecular flexibility index (Phi) is 5.46. The fourth-order valence-corrected chi connectivity index (χ4v) is 1.95. The van der Waals surface area contributed by atoms with Crippen molar-refractivity contribution in [2.45, 2.75) is 19.8 Å². The van der Waals surface area contributed by atoms with E-state index >= 15 is 0 Å². The number of hydrogen-bond donors (Lipinski definition) is 1. The monoisotopic (exact) mass is 301 g/mol. The fraction of sp³-hybridized carbons (Fsp3) is 0.188. The van der Waals surface area contributed by atoms with Crippen molar-refractivity contribution in [3.05, 3.63) is 64.9 Å². The summed E-state index contributed by atoms with van der Waals surface area (Å²) >= 11 is 5.88. The Hall–Kier alpha value is -2.20. The van der Waals surface area contributed by atoms with Crippen LogP contribution >= 0.6 is 11.6 Å². The van der Waals surface area contributed by atoms with Crippen molar-refractivity contribution in [2.75, 3.05) is 0 Å². The van der Waals surface area contributed by atoms with E-state index in [2.05, 4.69) is 22.4 Å². The zero-order chi connectivity index (χ0) is 15.1. The van der Waals surface area contributed by atoms with Crippen LogP contribution in [0.4, 0.5) is 0 Å². The molecule has 1 aromatic carbocycles. The van der Waals surface area contributed by atoms with Crippen molar-refractivity contribution in [1.82, 2.24) is 10.4 Å². The van der Waals surface area contributed by atoms with E-state index < -0.39 is 0 Å². The molecule has 0 saturated heterocycles. The third-order valence-electron chi connectivity index (χ3n) is 2.88. The van der Waals surface area contributed by atoms with Crippen molar-refractivity contribution < 1.29 is 4.79 Å². The van der Waals surface area contributed by atoms with Gasteiger partial charge in [0.05, 0.1) is 11.3 Å². The second-order valence-electron chi connectivity index (χ2n) is 4.50. The predicted octanol–water partition coefficient (Wildman–Crippen LogP) is 3.67. The summed E-state index contributed by atoms with van der Waals surface area (Å²) in [5, 5.41) is 4.91. The number of halogens is 1.